The number of aryl methyl sites for hydroxylation is 1. The maximum Gasteiger partial charge on any atom is 0.321 e. The van der Waals surface area contributed by atoms with E-state index in [9.17, 15) is 4.79 Å². The molecular weight excluding hydrogens is 314 g/mol. The molecule has 0 radical (unpaired) electrons. The highest BCUT2D eigenvalue weighted by molar-refractivity contribution is 7.15. The Bertz CT molecular complexity index is 678. The number of aromatic nitrogens is 5. The van der Waals surface area contributed by atoms with E-state index in [-0.39, 0.29) is 6.03 Å². The summed E-state index contributed by atoms with van der Waals surface area (Å²) < 4.78 is 2.12. The van der Waals surface area contributed by atoms with Gasteiger partial charge in [-0.15, -0.1) is 20.4 Å². The molecule has 2 aromatic rings. The average molecular weight is 335 g/mol. The number of nitrogens with one attached hydrogen (secondary N) is 2. The first-order valence-electron chi connectivity index (χ1n) is 7.92. The van der Waals surface area contributed by atoms with E-state index < -0.39 is 0 Å². The molecule has 0 unspecified atom stereocenters. The highest BCUT2D eigenvalue weighted by atomic mass is 32.1. The standard InChI is InChI=1S/C14H21N7OS/c1-9(2)12-19-20-14(23-12)16-13(22)15-8-11-18-17-10-6-4-3-5-7-21(10)11/h9H,3-8H2,1-2H3,(H2,15,16,20,22). The lowest BCUT2D eigenvalue weighted by Crippen LogP contribution is -2.29. The van der Waals surface area contributed by atoms with Crippen molar-refractivity contribution >= 4 is 22.5 Å². The van der Waals surface area contributed by atoms with Crippen molar-refractivity contribution in [3.63, 3.8) is 0 Å². The number of anilines is 1. The molecular formula is C14H21N7OS. The number of carbonyl (C=O) groups is 1. The van der Waals surface area contributed by atoms with E-state index in [4.69, 9.17) is 0 Å². The summed E-state index contributed by atoms with van der Waals surface area (Å²) >= 11 is 1.39. The molecule has 0 fully saturated rings. The van der Waals surface area contributed by atoms with E-state index in [0.717, 1.165) is 42.5 Å². The van der Waals surface area contributed by atoms with Crippen LogP contribution in [0, 0.1) is 0 Å². The summed E-state index contributed by atoms with van der Waals surface area (Å²) in [5.74, 6) is 2.13. The van der Waals surface area contributed by atoms with Crippen molar-refractivity contribution in [2.24, 2.45) is 0 Å². The van der Waals surface area contributed by atoms with Gasteiger partial charge in [-0.3, -0.25) is 5.32 Å². The summed E-state index contributed by atoms with van der Waals surface area (Å²) in [5, 5.41) is 23.4. The lowest BCUT2D eigenvalue weighted by Gasteiger charge is -2.08. The van der Waals surface area contributed by atoms with Gasteiger partial charge in [0.05, 0.1) is 6.54 Å². The lowest BCUT2D eigenvalue weighted by atomic mass is 10.2. The van der Waals surface area contributed by atoms with Gasteiger partial charge in [0.2, 0.25) is 5.13 Å². The number of amides is 2. The third kappa shape index (κ3) is 3.84. The van der Waals surface area contributed by atoms with Gasteiger partial charge in [-0.05, 0) is 12.8 Å². The van der Waals surface area contributed by atoms with E-state index in [1.54, 1.807) is 0 Å². The largest absolute Gasteiger partial charge is 0.331 e. The zero-order valence-corrected chi connectivity index (χ0v) is 14.2. The number of hydrogen-bond acceptors (Lipinski definition) is 6. The Labute approximate surface area is 138 Å². The van der Waals surface area contributed by atoms with Crippen LogP contribution >= 0.6 is 11.3 Å². The Hall–Kier alpha value is -2.03. The first kappa shape index (κ1) is 15.9. The molecule has 2 N–H and O–H groups in total. The number of hydrogen-bond donors (Lipinski definition) is 2. The molecule has 1 aliphatic rings. The van der Waals surface area contributed by atoms with Crippen LogP contribution in [0.1, 0.15) is 55.7 Å². The van der Waals surface area contributed by atoms with Gasteiger partial charge in [0.1, 0.15) is 10.8 Å². The molecule has 0 saturated heterocycles. The second kappa shape index (κ2) is 7.03. The fraction of sp³-hybridized carbons (Fsp3) is 0.643. The van der Waals surface area contributed by atoms with Crippen LogP contribution in [0.2, 0.25) is 0 Å². The van der Waals surface area contributed by atoms with Crippen molar-refractivity contribution in [1.29, 1.82) is 0 Å². The Morgan fingerprint density at radius 2 is 2.09 bits per heavy atom. The van der Waals surface area contributed by atoms with E-state index in [2.05, 4.69) is 35.6 Å². The molecule has 0 spiro atoms. The Kier molecular flexibility index (Phi) is 4.85. The fourth-order valence-corrected chi connectivity index (χ4v) is 3.24. The predicted molar refractivity (Wildman–Crippen MR) is 87.4 cm³/mol. The van der Waals surface area contributed by atoms with Crippen LogP contribution in [0.15, 0.2) is 0 Å². The predicted octanol–water partition coefficient (Wildman–Crippen LogP) is 2.30. The maximum atomic E-state index is 12.0. The minimum absolute atomic E-state index is 0.303. The van der Waals surface area contributed by atoms with Crippen molar-refractivity contribution in [3.05, 3.63) is 16.7 Å². The van der Waals surface area contributed by atoms with Crippen LogP contribution in [-0.4, -0.2) is 31.0 Å². The molecule has 0 aromatic carbocycles. The molecule has 0 bridgehead atoms. The van der Waals surface area contributed by atoms with E-state index in [0.29, 0.717) is 17.6 Å². The zero-order chi connectivity index (χ0) is 16.2. The van der Waals surface area contributed by atoms with Crippen LogP contribution in [0.25, 0.3) is 0 Å². The van der Waals surface area contributed by atoms with Gasteiger partial charge < -0.3 is 9.88 Å². The molecule has 9 heteroatoms. The third-order valence-corrected chi connectivity index (χ3v) is 4.89. The van der Waals surface area contributed by atoms with Gasteiger partial charge in [-0.1, -0.05) is 31.6 Å². The van der Waals surface area contributed by atoms with E-state index in [1.165, 1.54) is 17.8 Å². The molecule has 0 atom stereocenters. The first-order chi connectivity index (χ1) is 11.1. The van der Waals surface area contributed by atoms with Gasteiger partial charge in [-0.25, -0.2) is 4.79 Å². The molecule has 23 heavy (non-hydrogen) atoms. The molecule has 124 valence electrons. The summed E-state index contributed by atoms with van der Waals surface area (Å²) in [6, 6.07) is -0.303. The zero-order valence-electron chi connectivity index (χ0n) is 13.4. The van der Waals surface area contributed by atoms with Gasteiger partial charge >= 0.3 is 6.03 Å². The van der Waals surface area contributed by atoms with Crippen molar-refractivity contribution in [2.75, 3.05) is 5.32 Å². The number of fused-ring (bicyclic) bond motifs is 1. The highest BCUT2D eigenvalue weighted by Gasteiger charge is 2.15. The van der Waals surface area contributed by atoms with Crippen LogP contribution in [0.4, 0.5) is 9.93 Å². The topological polar surface area (TPSA) is 97.6 Å². The Morgan fingerprint density at radius 1 is 1.22 bits per heavy atom. The van der Waals surface area contributed by atoms with Crippen molar-refractivity contribution in [3.8, 4) is 0 Å². The van der Waals surface area contributed by atoms with Gasteiger partial charge in [-0.2, -0.15) is 0 Å². The summed E-state index contributed by atoms with van der Waals surface area (Å²) in [6.45, 7) is 5.37. The SMILES string of the molecule is CC(C)c1nnc(NC(=O)NCc2nnc3n2CCCCC3)s1. The highest BCUT2D eigenvalue weighted by Crippen LogP contribution is 2.22. The molecule has 0 saturated carbocycles. The van der Waals surface area contributed by atoms with Crippen LogP contribution in [0.5, 0.6) is 0 Å². The number of carbonyl (C=O) groups excluding carboxylic acids is 1. The minimum Gasteiger partial charge on any atom is -0.331 e. The second-order valence-electron chi connectivity index (χ2n) is 5.90. The first-order valence-corrected chi connectivity index (χ1v) is 8.74. The second-order valence-corrected chi connectivity index (χ2v) is 6.91. The maximum absolute atomic E-state index is 12.0. The van der Waals surface area contributed by atoms with Gasteiger partial charge in [0.25, 0.3) is 0 Å². The van der Waals surface area contributed by atoms with Crippen molar-refractivity contribution in [1.82, 2.24) is 30.3 Å². The average Bonchev–Trinajstić information content (AvgIpc) is 3.06. The molecule has 0 aliphatic carbocycles. The monoisotopic (exact) mass is 335 g/mol. The Morgan fingerprint density at radius 3 is 2.87 bits per heavy atom. The summed E-state index contributed by atoms with van der Waals surface area (Å²) in [5.41, 5.74) is 0. The van der Waals surface area contributed by atoms with E-state index in [1.807, 2.05) is 13.8 Å². The molecule has 1 aliphatic heterocycles. The lowest BCUT2D eigenvalue weighted by molar-refractivity contribution is 0.251. The van der Waals surface area contributed by atoms with Crippen LogP contribution in [0.3, 0.4) is 0 Å². The van der Waals surface area contributed by atoms with Crippen LogP contribution < -0.4 is 10.6 Å². The molecule has 8 nitrogen and oxygen atoms in total. The Balaban J connectivity index is 1.55. The summed E-state index contributed by atoms with van der Waals surface area (Å²) in [7, 11) is 0. The molecule has 3 rings (SSSR count). The number of nitrogens with zero attached hydrogens (tertiary/aromatic N) is 5. The molecule has 2 amide bonds. The summed E-state index contributed by atoms with van der Waals surface area (Å²) in [4.78, 5) is 12.0. The van der Waals surface area contributed by atoms with Gasteiger partial charge in [0.15, 0.2) is 5.82 Å². The third-order valence-electron chi connectivity index (χ3n) is 3.75. The number of urea groups is 1. The molecule has 3 heterocycles. The van der Waals surface area contributed by atoms with Crippen molar-refractivity contribution in [2.45, 2.75) is 58.5 Å². The summed E-state index contributed by atoms with van der Waals surface area (Å²) in [6.07, 6.45) is 4.46. The van der Waals surface area contributed by atoms with E-state index >= 15 is 0 Å². The normalized spacial score (nSPS) is 14.4. The fourth-order valence-electron chi connectivity index (χ4n) is 2.50. The van der Waals surface area contributed by atoms with Gasteiger partial charge in [0, 0.05) is 18.9 Å². The number of rotatable bonds is 4. The smallest absolute Gasteiger partial charge is 0.321 e. The minimum atomic E-state index is -0.303. The van der Waals surface area contributed by atoms with Crippen LogP contribution in [-0.2, 0) is 19.5 Å². The van der Waals surface area contributed by atoms with Crippen molar-refractivity contribution < 1.29 is 4.79 Å². The molecule has 2 aromatic heterocycles. The quantitative estimate of drug-likeness (QED) is 0.893.